The van der Waals surface area contributed by atoms with Gasteiger partial charge < -0.3 is 14.5 Å². The second-order valence-corrected chi connectivity index (χ2v) is 9.31. The van der Waals surface area contributed by atoms with Crippen LogP contribution in [0.1, 0.15) is 41.3 Å². The van der Waals surface area contributed by atoms with Gasteiger partial charge in [0, 0.05) is 50.9 Å². The highest BCUT2D eigenvalue weighted by Gasteiger charge is 2.31. The summed E-state index contributed by atoms with van der Waals surface area (Å²) in [6.45, 7) is 6.91. The van der Waals surface area contributed by atoms with Gasteiger partial charge in [0.25, 0.3) is 5.91 Å². The van der Waals surface area contributed by atoms with Gasteiger partial charge in [-0.2, -0.15) is 0 Å². The number of aryl methyl sites for hydroxylation is 1. The normalized spacial score (nSPS) is 17.6. The van der Waals surface area contributed by atoms with Crippen molar-refractivity contribution in [2.75, 3.05) is 39.3 Å². The Labute approximate surface area is 205 Å². The van der Waals surface area contributed by atoms with Gasteiger partial charge in [0.15, 0.2) is 0 Å². The van der Waals surface area contributed by atoms with Gasteiger partial charge in [-0.25, -0.2) is 4.79 Å². The minimum atomic E-state index is -0.242. The van der Waals surface area contributed by atoms with E-state index in [1.54, 1.807) is 11.0 Å². The zero-order valence-electron chi connectivity index (χ0n) is 20.2. The molecule has 1 N–H and O–H groups in total. The molecule has 2 amide bonds. The molecule has 9 nitrogen and oxygen atoms in total. The number of rotatable bonds is 5. The van der Waals surface area contributed by atoms with Crippen molar-refractivity contribution in [3.05, 3.63) is 59.2 Å². The lowest BCUT2D eigenvalue weighted by Crippen LogP contribution is -2.54. The predicted octanol–water partition coefficient (Wildman–Crippen LogP) is 3.08. The van der Waals surface area contributed by atoms with Crippen LogP contribution in [-0.4, -0.2) is 87.4 Å². The van der Waals surface area contributed by atoms with Crippen molar-refractivity contribution in [1.82, 2.24) is 30.1 Å². The van der Waals surface area contributed by atoms with E-state index in [2.05, 4.69) is 39.4 Å². The molecular weight excluding hydrogens is 444 g/mol. The number of benzene rings is 2. The molecule has 1 aromatic heterocycles. The van der Waals surface area contributed by atoms with E-state index in [1.807, 2.05) is 29.2 Å². The van der Waals surface area contributed by atoms with Gasteiger partial charge >= 0.3 is 6.09 Å². The summed E-state index contributed by atoms with van der Waals surface area (Å²) in [4.78, 5) is 31.7. The second kappa shape index (κ2) is 10.4. The van der Waals surface area contributed by atoms with Crippen LogP contribution < -0.4 is 0 Å². The first kappa shape index (κ1) is 23.3. The molecule has 0 aliphatic carbocycles. The lowest BCUT2D eigenvalue weighted by atomic mass is 10.0. The third-order valence-electron chi connectivity index (χ3n) is 7.21. The Morgan fingerprint density at radius 3 is 2.37 bits per heavy atom. The first-order chi connectivity index (χ1) is 17.1. The average molecular weight is 477 g/mol. The monoisotopic (exact) mass is 476 g/mol. The summed E-state index contributed by atoms with van der Waals surface area (Å²) in [6, 6.07) is 14.1. The molecule has 0 radical (unpaired) electrons. The highest BCUT2D eigenvalue weighted by atomic mass is 16.6. The van der Waals surface area contributed by atoms with Crippen molar-refractivity contribution >= 4 is 23.0 Å². The third-order valence-corrected chi connectivity index (χ3v) is 7.21. The summed E-state index contributed by atoms with van der Waals surface area (Å²) in [6.07, 6.45) is 2.64. The number of aromatic nitrogens is 3. The second-order valence-electron chi connectivity index (χ2n) is 9.31. The third kappa shape index (κ3) is 5.30. The van der Waals surface area contributed by atoms with E-state index in [-0.39, 0.29) is 12.0 Å². The number of hydrogen-bond donors (Lipinski definition) is 1. The molecular formula is C26H32N6O3. The quantitative estimate of drug-likeness (QED) is 0.608. The first-order valence-electron chi connectivity index (χ1n) is 12.4. The SMILES string of the molecule is CCc1ccc(COC(=O)N2CCN(C3CCN(C(=O)c4ccc5[nH]nnc5c4)CC3)CC2)cc1. The molecule has 0 atom stereocenters. The zero-order chi connectivity index (χ0) is 24.2. The Hall–Kier alpha value is -3.46. The number of amides is 2. The Kier molecular flexibility index (Phi) is 6.94. The molecule has 2 aromatic carbocycles. The number of ether oxygens (including phenoxy) is 1. The number of nitrogens with one attached hydrogen (secondary N) is 1. The molecule has 0 unspecified atom stereocenters. The van der Waals surface area contributed by atoms with E-state index >= 15 is 0 Å². The summed E-state index contributed by atoms with van der Waals surface area (Å²) in [5.74, 6) is 0.0465. The summed E-state index contributed by atoms with van der Waals surface area (Å²) < 4.78 is 5.54. The maximum atomic E-state index is 13.0. The molecule has 0 spiro atoms. The van der Waals surface area contributed by atoms with Gasteiger partial charge in [-0.05, 0) is 48.6 Å². The van der Waals surface area contributed by atoms with Crippen molar-refractivity contribution in [2.45, 2.75) is 38.8 Å². The van der Waals surface area contributed by atoms with Crippen molar-refractivity contribution in [1.29, 1.82) is 0 Å². The number of likely N-dealkylation sites (tertiary alicyclic amines) is 1. The fraction of sp³-hybridized carbons (Fsp3) is 0.462. The van der Waals surface area contributed by atoms with Crippen molar-refractivity contribution < 1.29 is 14.3 Å². The van der Waals surface area contributed by atoms with E-state index in [9.17, 15) is 9.59 Å². The Morgan fingerprint density at radius 2 is 1.66 bits per heavy atom. The van der Waals surface area contributed by atoms with Gasteiger partial charge in [0.1, 0.15) is 12.1 Å². The maximum Gasteiger partial charge on any atom is 0.410 e. The van der Waals surface area contributed by atoms with Gasteiger partial charge in [0.2, 0.25) is 0 Å². The van der Waals surface area contributed by atoms with Crippen LogP contribution in [0.2, 0.25) is 0 Å². The minimum Gasteiger partial charge on any atom is -0.445 e. The maximum absolute atomic E-state index is 13.0. The number of piperazine rings is 1. The molecule has 9 heteroatoms. The molecule has 2 fully saturated rings. The fourth-order valence-corrected chi connectivity index (χ4v) is 4.97. The Morgan fingerprint density at radius 1 is 0.943 bits per heavy atom. The molecule has 35 heavy (non-hydrogen) atoms. The Bertz CT molecular complexity index is 1160. The van der Waals surface area contributed by atoms with Gasteiger partial charge in [0.05, 0.1) is 5.52 Å². The number of fused-ring (bicyclic) bond motifs is 1. The molecule has 184 valence electrons. The number of carbonyl (C=O) groups excluding carboxylic acids is 2. The lowest BCUT2D eigenvalue weighted by molar-refractivity contribution is 0.0394. The van der Waals surface area contributed by atoms with Crippen LogP contribution in [0.25, 0.3) is 11.0 Å². The fourth-order valence-electron chi connectivity index (χ4n) is 4.97. The highest BCUT2D eigenvalue weighted by Crippen LogP contribution is 2.21. The highest BCUT2D eigenvalue weighted by molar-refractivity contribution is 5.97. The molecule has 2 saturated heterocycles. The molecule has 5 rings (SSSR count). The Balaban J connectivity index is 1.06. The number of hydrogen-bond acceptors (Lipinski definition) is 6. The van der Waals surface area contributed by atoms with Crippen LogP contribution in [0.3, 0.4) is 0 Å². The summed E-state index contributed by atoms with van der Waals surface area (Å²) in [5, 5.41) is 10.6. The summed E-state index contributed by atoms with van der Waals surface area (Å²) in [7, 11) is 0. The molecule has 3 aromatic rings. The standard InChI is InChI=1S/C26H32N6O3/c1-2-19-3-5-20(6-4-19)18-35-26(34)32-15-13-30(14-16-32)22-9-11-31(12-10-22)25(33)21-7-8-23-24(17-21)28-29-27-23/h3-8,17,22H,2,9-16,18H2,1H3,(H,27,28,29). The van der Waals surface area contributed by atoms with E-state index in [4.69, 9.17) is 4.74 Å². The van der Waals surface area contributed by atoms with E-state index in [0.29, 0.717) is 36.8 Å². The first-order valence-corrected chi connectivity index (χ1v) is 12.4. The summed E-state index contributed by atoms with van der Waals surface area (Å²) >= 11 is 0. The zero-order valence-corrected chi connectivity index (χ0v) is 20.2. The van der Waals surface area contributed by atoms with Crippen molar-refractivity contribution in [3.63, 3.8) is 0 Å². The van der Waals surface area contributed by atoms with Crippen molar-refractivity contribution in [3.8, 4) is 0 Å². The minimum absolute atomic E-state index is 0.0465. The van der Waals surface area contributed by atoms with Gasteiger partial charge in [-0.1, -0.05) is 36.4 Å². The molecule has 0 bridgehead atoms. The number of H-pyrrole nitrogens is 1. The van der Waals surface area contributed by atoms with Crippen LogP contribution in [-0.2, 0) is 17.8 Å². The molecule has 0 saturated carbocycles. The van der Waals surface area contributed by atoms with Crippen LogP contribution in [0.15, 0.2) is 42.5 Å². The van der Waals surface area contributed by atoms with Gasteiger partial charge in [-0.15, -0.1) is 5.10 Å². The van der Waals surface area contributed by atoms with Crippen LogP contribution >= 0.6 is 0 Å². The van der Waals surface area contributed by atoms with E-state index in [1.165, 1.54) is 5.56 Å². The van der Waals surface area contributed by atoms with Crippen LogP contribution in [0.4, 0.5) is 4.79 Å². The average Bonchev–Trinajstić information content (AvgIpc) is 3.40. The van der Waals surface area contributed by atoms with Crippen molar-refractivity contribution in [2.24, 2.45) is 0 Å². The summed E-state index contributed by atoms with van der Waals surface area (Å²) in [5.41, 5.74) is 4.47. The van der Waals surface area contributed by atoms with E-state index < -0.39 is 0 Å². The number of nitrogens with zero attached hydrogens (tertiary/aromatic N) is 5. The lowest BCUT2D eigenvalue weighted by Gasteiger charge is -2.42. The van der Waals surface area contributed by atoms with Crippen LogP contribution in [0.5, 0.6) is 0 Å². The smallest absolute Gasteiger partial charge is 0.410 e. The largest absolute Gasteiger partial charge is 0.445 e. The molecule has 3 heterocycles. The van der Waals surface area contributed by atoms with Crippen LogP contribution in [0, 0.1) is 0 Å². The molecule has 2 aliphatic rings. The number of carbonyl (C=O) groups is 2. The molecule has 2 aliphatic heterocycles. The predicted molar refractivity (Wildman–Crippen MR) is 132 cm³/mol. The topological polar surface area (TPSA) is 94.7 Å². The van der Waals surface area contributed by atoms with E-state index in [0.717, 1.165) is 56.5 Å². The number of piperidine rings is 1. The number of aromatic amines is 1. The van der Waals surface area contributed by atoms with Gasteiger partial charge in [-0.3, -0.25) is 14.8 Å².